The van der Waals surface area contributed by atoms with E-state index in [2.05, 4.69) is 0 Å². The van der Waals surface area contributed by atoms with E-state index >= 15 is 0 Å². The van der Waals surface area contributed by atoms with Crippen molar-refractivity contribution in [1.29, 1.82) is 0 Å². The van der Waals surface area contributed by atoms with Crippen LogP contribution in [0.2, 0.25) is 0 Å². The fraction of sp³-hybridized carbons (Fsp3) is 0.500. The molecule has 18 heavy (non-hydrogen) atoms. The van der Waals surface area contributed by atoms with Gasteiger partial charge in [-0.2, -0.15) is 13.2 Å². The zero-order valence-electron chi connectivity index (χ0n) is 10.5. The number of methoxy groups -OCH3 is 2. The lowest BCUT2D eigenvalue weighted by Crippen LogP contribution is -2.19. The minimum atomic E-state index is -4.48. The summed E-state index contributed by atoms with van der Waals surface area (Å²) in [7, 11) is 2.53. The standard InChI is InChI=1S/C12H16F3NO2/c1-7(16)4-8-5-11(18-3)9(12(13,14)15)6-10(8)17-2/h5-7H,4,16H2,1-3H3/t7-/m0/s1. The molecule has 6 heteroatoms. The topological polar surface area (TPSA) is 44.5 Å². The van der Waals surface area contributed by atoms with Gasteiger partial charge >= 0.3 is 6.18 Å². The second-order valence-electron chi connectivity index (χ2n) is 4.04. The molecule has 1 atom stereocenters. The molecule has 0 aromatic heterocycles. The molecule has 0 aliphatic rings. The Balaban J connectivity index is 3.32. The van der Waals surface area contributed by atoms with Crippen LogP contribution in [0.15, 0.2) is 12.1 Å². The smallest absolute Gasteiger partial charge is 0.420 e. The van der Waals surface area contributed by atoms with Crippen molar-refractivity contribution in [2.75, 3.05) is 14.2 Å². The first-order chi connectivity index (χ1) is 8.29. The Morgan fingerprint density at radius 3 is 2.11 bits per heavy atom. The van der Waals surface area contributed by atoms with Gasteiger partial charge in [-0.15, -0.1) is 0 Å². The Morgan fingerprint density at radius 2 is 1.72 bits per heavy atom. The van der Waals surface area contributed by atoms with E-state index in [4.69, 9.17) is 15.2 Å². The molecule has 1 aromatic carbocycles. The number of ether oxygens (including phenoxy) is 2. The van der Waals surface area contributed by atoms with Gasteiger partial charge in [0.15, 0.2) is 0 Å². The van der Waals surface area contributed by atoms with E-state index in [1.807, 2.05) is 0 Å². The van der Waals surface area contributed by atoms with E-state index in [-0.39, 0.29) is 17.5 Å². The molecule has 0 unspecified atom stereocenters. The minimum absolute atomic E-state index is 0.167. The number of hydrogen-bond acceptors (Lipinski definition) is 3. The summed E-state index contributed by atoms with van der Waals surface area (Å²) in [5, 5.41) is 0. The summed E-state index contributed by atoms with van der Waals surface area (Å²) < 4.78 is 48.1. The van der Waals surface area contributed by atoms with Gasteiger partial charge in [0.25, 0.3) is 0 Å². The highest BCUT2D eigenvalue weighted by atomic mass is 19.4. The van der Waals surface area contributed by atoms with Gasteiger partial charge in [-0.05, 0) is 31.0 Å². The van der Waals surface area contributed by atoms with Crippen molar-refractivity contribution in [3.63, 3.8) is 0 Å². The molecule has 0 saturated carbocycles. The Labute approximate surface area is 104 Å². The van der Waals surface area contributed by atoms with Gasteiger partial charge in [0, 0.05) is 6.04 Å². The summed E-state index contributed by atoms with van der Waals surface area (Å²) >= 11 is 0. The summed E-state index contributed by atoms with van der Waals surface area (Å²) in [5.41, 5.74) is 5.39. The van der Waals surface area contributed by atoms with E-state index in [1.165, 1.54) is 20.3 Å². The highest BCUT2D eigenvalue weighted by Crippen LogP contribution is 2.40. The zero-order valence-corrected chi connectivity index (χ0v) is 10.5. The van der Waals surface area contributed by atoms with E-state index in [9.17, 15) is 13.2 Å². The normalized spacial score (nSPS) is 13.3. The Hall–Kier alpha value is -1.43. The lowest BCUT2D eigenvalue weighted by Gasteiger charge is -2.17. The van der Waals surface area contributed by atoms with Crippen molar-refractivity contribution in [3.8, 4) is 11.5 Å². The molecule has 0 bridgehead atoms. The molecule has 1 aromatic rings. The first-order valence-electron chi connectivity index (χ1n) is 5.37. The summed E-state index contributed by atoms with van der Waals surface area (Å²) in [6.07, 6.45) is -4.07. The average molecular weight is 263 g/mol. The van der Waals surface area contributed by atoms with Crippen LogP contribution in [0.3, 0.4) is 0 Å². The lowest BCUT2D eigenvalue weighted by molar-refractivity contribution is -0.138. The van der Waals surface area contributed by atoms with Crippen molar-refractivity contribution in [1.82, 2.24) is 0 Å². The molecule has 102 valence electrons. The third kappa shape index (κ3) is 3.29. The fourth-order valence-corrected chi connectivity index (χ4v) is 1.69. The van der Waals surface area contributed by atoms with Crippen LogP contribution in [0.1, 0.15) is 18.1 Å². The van der Waals surface area contributed by atoms with E-state index in [1.54, 1.807) is 6.92 Å². The third-order valence-corrected chi connectivity index (χ3v) is 2.45. The molecule has 0 aliphatic heterocycles. The Bertz CT molecular complexity index is 417. The maximum Gasteiger partial charge on any atom is 0.420 e. The number of hydrogen-bond donors (Lipinski definition) is 1. The number of benzene rings is 1. The summed E-state index contributed by atoms with van der Waals surface area (Å²) in [4.78, 5) is 0. The second kappa shape index (κ2) is 5.48. The van der Waals surface area contributed by atoms with Crippen LogP contribution in [0, 0.1) is 0 Å². The molecule has 2 N–H and O–H groups in total. The number of rotatable bonds is 4. The highest BCUT2D eigenvalue weighted by Gasteiger charge is 2.35. The Kier molecular flexibility index (Phi) is 4.45. The fourth-order valence-electron chi connectivity index (χ4n) is 1.69. The second-order valence-corrected chi connectivity index (χ2v) is 4.04. The van der Waals surface area contributed by atoms with Gasteiger partial charge < -0.3 is 15.2 Å². The van der Waals surface area contributed by atoms with E-state index in [0.717, 1.165) is 6.07 Å². The molecule has 0 saturated heterocycles. The van der Waals surface area contributed by atoms with Crippen molar-refractivity contribution < 1.29 is 22.6 Å². The summed E-state index contributed by atoms with van der Waals surface area (Å²) in [6, 6.07) is 2.09. The van der Waals surface area contributed by atoms with E-state index < -0.39 is 11.7 Å². The quantitative estimate of drug-likeness (QED) is 0.908. The lowest BCUT2D eigenvalue weighted by atomic mass is 10.0. The summed E-state index contributed by atoms with van der Waals surface area (Å²) in [5.74, 6) is -0.0561. The van der Waals surface area contributed by atoms with Crippen LogP contribution in [-0.2, 0) is 12.6 Å². The molecule has 0 heterocycles. The highest BCUT2D eigenvalue weighted by molar-refractivity contribution is 5.48. The van der Waals surface area contributed by atoms with Gasteiger partial charge in [0.05, 0.1) is 14.2 Å². The summed E-state index contributed by atoms with van der Waals surface area (Å²) in [6.45, 7) is 1.77. The Morgan fingerprint density at radius 1 is 1.17 bits per heavy atom. The SMILES string of the molecule is COc1cc(C(F)(F)F)c(OC)cc1C[C@H](C)N. The predicted molar refractivity (Wildman–Crippen MR) is 61.9 cm³/mol. The molecule has 0 radical (unpaired) electrons. The van der Waals surface area contributed by atoms with Crippen LogP contribution in [-0.4, -0.2) is 20.3 Å². The van der Waals surface area contributed by atoms with Gasteiger partial charge in [-0.3, -0.25) is 0 Å². The molecule has 0 aliphatic carbocycles. The minimum Gasteiger partial charge on any atom is -0.496 e. The van der Waals surface area contributed by atoms with Crippen molar-refractivity contribution in [3.05, 3.63) is 23.3 Å². The van der Waals surface area contributed by atoms with Crippen LogP contribution < -0.4 is 15.2 Å². The molecule has 1 rings (SSSR count). The van der Waals surface area contributed by atoms with Gasteiger partial charge in [0.1, 0.15) is 17.1 Å². The maximum atomic E-state index is 12.8. The number of halogens is 3. The van der Waals surface area contributed by atoms with Crippen molar-refractivity contribution in [2.45, 2.75) is 25.6 Å². The number of alkyl halides is 3. The third-order valence-electron chi connectivity index (χ3n) is 2.45. The first kappa shape index (κ1) is 14.6. The van der Waals surface area contributed by atoms with Crippen molar-refractivity contribution in [2.24, 2.45) is 5.73 Å². The molecular weight excluding hydrogens is 247 g/mol. The molecule has 0 amide bonds. The van der Waals surface area contributed by atoms with Crippen LogP contribution in [0.5, 0.6) is 11.5 Å². The maximum absolute atomic E-state index is 12.8. The molecule has 3 nitrogen and oxygen atoms in total. The van der Waals surface area contributed by atoms with Crippen LogP contribution in [0.4, 0.5) is 13.2 Å². The van der Waals surface area contributed by atoms with Gasteiger partial charge in [-0.1, -0.05) is 0 Å². The molecular formula is C12H16F3NO2. The van der Waals surface area contributed by atoms with Gasteiger partial charge in [-0.25, -0.2) is 0 Å². The monoisotopic (exact) mass is 263 g/mol. The number of nitrogens with two attached hydrogens (primary N) is 1. The van der Waals surface area contributed by atoms with Crippen molar-refractivity contribution >= 4 is 0 Å². The van der Waals surface area contributed by atoms with E-state index in [0.29, 0.717) is 12.0 Å². The molecule has 0 spiro atoms. The first-order valence-corrected chi connectivity index (χ1v) is 5.37. The molecule has 0 fully saturated rings. The largest absolute Gasteiger partial charge is 0.496 e. The zero-order chi connectivity index (χ0) is 13.9. The average Bonchev–Trinajstić information content (AvgIpc) is 2.26. The van der Waals surface area contributed by atoms with Crippen LogP contribution >= 0.6 is 0 Å². The predicted octanol–water partition coefficient (Wildman–Crippen LogP) is 2.61. The van der Waals surface area contributed by atoms with Crippen LogP contribution in [0.25, 0.3) is 0 Å². The van der Waals surface area contributed by atoms with Gasteiger partial charge in [0.2, 0.25) is 0 Å².